The molecule has 0 bridgehead atoms. The number of hydrogen-bond donors (Lipinski definition) is 0. The van der Waals surface area contributed by atoms with Crippen molar-refractivity contribution < 1.29 is 4.79 Å². The second-order valence-corrected chi connectivity index (χ2v) is 8.18. The molecule has 0 N–H and O–H groups in total. The number of nitrogens with zero attached hydrogens (tertiary/aromatic N) is 4. The minimum Gasteiger partial charge on any atom is -0.336 e. The third-order valence-electron chi connectivity index (χ3n) is 6.65. The van der Waals surface area contributed by atoms with Crippen LogP contribution in [0.5, 0.6) is 0 Å². The van der Waals surface area contributed by atoms with Crippen molar-refractivity contribution in [3.8, 4) is 0 Å². The molecule has 0 radical (unpaired) electrons. The van der Waals surface area contributed by atoms with Crippen LogP contribution in [0, 0.1) is 0 Å². The van der Waals surface area contributed by atoms with Crippen molar-refractivity contribution in [2.75, 3.05) is 26.2 Å². The number of rotatable bonds is 2. The van der Waals surface area contributed by atoms with Gasteiger partial charge in [0.05, 0.1) is 17.5 Å². The molecule has 27 heavy (non-hydrogen) atoms. The Morgan fingerprint density at radius 1 is 0.963 bits per heavy atom. The average molecular weight is 364 g/mol. The number of fused-ring (bicyclic) bond motifs is 2. The molecule has 5 nitrogen and oxygen atoms in total. The number of aryl methyl sites for hydroxylation is 2. The molecule has 0 saturated carbocycles. The third-order valence-corrected chi connectivity index (χ3v) is 6.65. The minimum absolute atomic E-state index is 0.187. The Morgan fingerprint density at radius 2 is 1.78 bits per heavy atom. The number of benzene rings is 1. The highest BCUT2D eigenvalue weighted by molar-refractivity contribution is 5.95. The molecule has 1 aliphatic carbocycles. The highest BCUT2D eigenvalue weighted by Gasteiger charge is 2.30. The molecule has 0 unspecified atom stereocenters. The van der Waals surface area contributed by atoms with E-state index in [4.69, 9.17) is 0 Å². The lowest BCUT2D eigenvalue weighted by atomic mass is 9.87. The second kappa shape index (κ2) is 7.12. The Labute approximate surface area is 161 Å². The van der Waals surface area contributed by atoms with Crippen molar-refractivity contribution in [2.24, 2.45) is 0 Å². The van der Waals surface area contributed by atoms with Crippen LogP contribution in [0.4, 0.5) is 0 Å². The third kappa shape index (κ3) is 3.18. The van der Waals surface area contributed by atoms with E-state index < -0.39 is 0 Å². The smallest absolute Gasteiger partial charge is 0.257 e. The van der Waals surface area contributed by atoms with E-state index in [1.165, 1.54) is 36.8 Å². The van der Waals surface area contributed by atoms with Gasteiger partial charge in [0.1, 0.15) is 0 Å². The van der Waals surface area contributed by atoms with Crippen LogP contribution in [-0.2, 0) is 25.8 Å². The highest BCUT2D eigenvalue weighted by atomic mass is 16.2. The van der Waals surface area contributed by atoms with E-state index in [-0.39, 0.29) is 5.91 Å². The van der Waals surface area contributed by atoms with Crippen molar-refractivity contribution in [3.05, 3.63) is 52.8 Å². The lowest BCUT2D eigenvalue weighted by Gasteiger charge is -2.41. The van der Waals surface area contributed by atoms with Crippen LogP contribution in [-0.4, -0.2) is 57.7 Å². The zero-order valence-corrected chi connectivity index (χ0v) is 15.9. The Bertz CT molecular complexity index is 835. The van der Waals surface area contributed by atoms with Crippen LogP contribution >= 0.6 is 0 Å². The monoisotopic (exact) mass is 364 g/mol. The van der Waals surface area contributed by atoms with Crippen LogP contribution in [0.1, 0.15) is 46.4 Å². The largest absolute Gasteiger partial charge is 0.336 e. The summed E-state index contributed by atoms with van der Waals surface area (Å²) in [6.45, 7) is 4.60. The topological polar surface area (TPSA) is 41.4 Å². The fraction of sp³-hybridized carbons (Fsp3) is 0.545. The Balaban J connectivity index is 1.22. The van der Waals surface area contributed by atoms with Gasteiger partial charge in [-0.2, -0.15) is 5.10 Å². The van der Waals surface area contributed by atoms with Gasteiger partial charge in [0.15, 0.2) is 0 Å². The molecular weight excluding hydrogens is 336 g/mol. The molecule has 2 aromatic rings. The van der Waals surface area contributed by atoms with Crippen molar-refractivity contribution in [2.45, 2.75) is 51.1 Å². The van der Waals surface area contributed by atoms with Crippen LogP contribution in [0.15, 0.2) is 30.5 Å². The van der Waals surface area contributed by atoms with Crippen LogP contribution in [0.2, 0.25) is 0 Å². The van der Waals surface area contributed by atoms with E-state index in [0.29, 0.717) is 6.04 Å². The maximum Gasteiger partial charge on any atom is 0.257 e. The Kier molecular flexibility index (Phi) is 4.48. The summed E-state index contributed by atoms with van der Waals surface area (Å²) in [5.74, 6) is 0.187. The van der Waals surface area contributed by atoms with Gasteiger partial charge in [0.25, 0.3) is 5.91 Å². The molecule has 1 aromatic carbocycles. The van der Waals surface area contributed by atoms with Crippen LogP contribution in [0.25, 0.3) is 0 Å². The summed E-state index contributed by atoms with van der Waals surface area (Å²) in [6, 6.07) is 9.49. The molecule has 2 aliphatic heterocycles. The molecule has 5 rings (SSSR count). The first-order valence-electron chi connectivity index (χ1n) is 10.4. The van der Waals surface area contributed by atoms with Crippen molar-refractivity contribution in [1.82, 2.24) is 19.6 Å². The van der Waals surface area contributed by atoms with Crippen LogP contribution in [0.3, 0.4) is 0 Å². The normalized spacial score (nSPS) is 23.0. The molecule has 1 aromatic heterocycles. The Hall–Kier alpha value is -2.14. The molecular formula is C22H28N4O. The first-order valence-corrected chi connectivity index (χ1v) is 10.4. The van der Waals surface area contributed by atoms with Crippen LogP contribution < -0.4 is 0 Å². The summed E-state index contributed by atoms with van der Waals surface area (Å²) >= 11 is 0. The van der Waals surface area contributed by atoms with Crippen molar-refractivity contribution >= 4 is 5.91 Å². The van der Waals surface area contributed by atoms with E-state index in [1.54, 1.807) is 6.20 Å². The van der Waals surface area contributed by atoms with E-state index in [9.17, 15) is 4.79 Å². The van der Waals surface area contributed by atoms with Gasteiger partial charge >= 0.3 is 0 Å². The predicted molar refractivity (Wildman–Crippen MR) is 105 cm³/mol. The molecule has 1 atom stereocenters. The first-order chi connectivity index (χ1) is 13.3. The van der Waals surface area contributed by atoms with Gasteiger partial charge in [0, 0.05) is 38.8 Å². The second-order valence-electron chi connectivity index (χ2n) is 8.18. The van der Waals surface area contributed by atoms with E-state index >= 15 is 0 Å². The Morgan fingerprint density at radius 3 is 2.63 bits per heavy atom. The number of hydrogen-bond acceptors (Lipinski definition) is 3. The lowest BCUT2D eigenvalue weighted by Crippen LogP contribution is -2.53. The van der Waals surface area contributed by atoms with Crippen molar-refractivity contribution in [1.29, 1.82) is 0 Å². The summed E-state index contributed by atoms with van der Waals surface area (Å²) in [7, 11) is 0. The molecule has 5 heteroatoms. The van der Waals surface area contributed by atoms with E-state index in [0.717, 1.165) is 56.8 Å². The summed E-state index contributed by atoms with van der Waals surface area (Å²) in [6.07, 6.45) is 8.70. The summed E-state index contributed by atoms with van der Waals surface area (Å²) < 4.78 is 2.03. The molecule has 1 fully saturated rings. The quantitative estimate of drug-likeness (QED) is 0.822. The highest BCUT2D eigenvalue weighted by Crippen LogP contribution is 2.26. The molecule has 1 saturated heterocycles. The fourth-order valence-electron chi connectivity index (χ4n) is 5.05. The molecule has 142 valence electrons. The van der Waals surface area contributed by atoms with E-state index in [2.05, 4.69) is 34.3 Å². The number of aromatic nitrogens is 2. The van der Waals surface area contributed by atoms with Gasteiger partial charge in [-0.15, -0.1) is 0 Å². The predicted octanol–water partition coefficient (Wildman–Crippen LogP) is 2.53. The molecule has 0 spiro atoms. The number of amides is 1. The zero-order chi connectivity index (χ0) is 18.2. The summed E-state index contributed by atoms with van der Waals surface area (Å²) in [5.41, 5.74) is 5.03. The molecule has 3 aliphatic rings. The van der Waals surface area contributed by atoms with Gasteiger partial charge in [0.2, 0.25) is 0 Å². The molecule has 3 heterocycles. The first kappa shape index (κ1) is 17.0. The maximum absolute atomic E-state index is 13.0. The SMILES string of the molecule is O=C(c1cnn2c1CCCC2)N1CCN([C@H]2CCc3ccccc3C2)CC1. The number of carbonyl (C=O) groups is 1. The maximum atomic E-state index is 13.0. The lowest BCUT2D eigenvalue weighted by molar-refractivity contribution is 0.0551. The van der Waals surface area contributed by atoms with Gasteiger partial charge < -0.3 is 4.90 Å². The number of carbonyl (C=O) groups excluding carboxylic acids is 1. The van der Waals surface area contributed by atoms with Gasteiger partial charge in [-0.05, 0) is 49.7 Å². The van der Waals surface area contributed by atoms with Gasteiger partial charge in [-0.1, -0.05) is 24.3 Å². The van der Waals surface area contributed by atoms with E-state index in [1.807, 2.05) is 9.58 Å². The standard InChI is InChI=1S/C22H28N4O/c27-22(20-16-23-26-10-4-3-7-21(20)26)25-13-11-24(12-14-25)19-9-8-17-5-1-2-6-18(17)15-19/h1-2,5-6,16,19H,3-4,7-15H2/t19-/m0/s1. The number of piperazine rings is 1. The van der Waals surface area contributed by atoms with Gasteiger partial charge in [-0.25, -0.2) is 0 Å². The zero-order valence-electron chi connectivity index (χ0n) is 15.9. The van der Waals surface area contributed by atoms with Crippen molar-refractivity contribution in [3.63, 3.8) is 0 Å². The fourth-order valence-corrected chi connectivity index (χ4v) is 5.05. The average Bonchev–Trinajstić information content (AvgIpc) is 3.17. The summed E-state index contributed by atoms with van der Waals surface area (Å²) in [4.78, 5) is 17.7. The minimum atomic E-state index is 0.187. The summed E-state index contributed by atoms with van der Waals surface area (Å²) in [5, 5.41) is 4.44. The molecule has 1 amide bonds. The van der Waals surface area contributed by atoms with Gasteiger partial charge in [-0.3, -0.25) is 14.4 Å².